The number of rotatable bonds is 5. The van der Waals surface area contributed by atoms with Crippen molar-refractivity contribution in [2.45, 2.75) is 26.8 Å². The van der Waals surface area contributed by atoms with E-state index in [-0.39, 0.29) is 5.91 Å². The minimum atomic E-state index is -0.177. The van der Waals surface area contributed by atoms with Gasteiger partial charge in [0.25, 0.3) is 0 Å². The zero-order chi connectivity index (χ0) is 13.7. The zero-order valence-electron chi connectivity index (χ0n) is 11.0. The molecule has 19 heavy (non-hydrogen) atoms. The van der Waals surface area contributed by atoms with Gasteiger partial charge in [0.1, 0.15) is 5.82 Å². The van der Waals surface area contributed by atoms with Crippen LogP contribution < -0.4 is 5.32 Å². The molecule has 0 aliphatic heterocycles. The number of hydrogen-bond acceptors (Lipinski definition) is 4. The standard InChI is InChI=1S/C13H16N4OS/c1-3-8-17-12(6-7-14-17)16-13(18)5-4-11-9-19-10(2)15-11/h4-7,9H,3,8H2,1-2H3,(H,16,18). The summed E-state index contributed by atoms with van der Waals surface area (Å²) in [6, 6.07) is 1.79. The molecule has 2 aromatic rings. The summed E-state index contributed by atoms with van der Waals surface area (Å²) in [5.74, 6) is 0.537. The third-order valence-corrected chi connectivity index (χ3v) is 3.24. The first-order valence-corrected chi connectivity index (χ1v) is 7.00. The molecular weight excluding hydrogens is 260 g/mol. The van der Waals surface area contributed by atoms with Crippen LogP contribution in [0.1, 0.15) is 24.0 Å². The van der Waals surface area contributed by atoms with E-state index >= 15 is 0 Å². The maximum atomic E-state index is 11.8. The fraction of sp³-hybridized carbons (Fsp3) is 0.308. The third kappa shape index (κ3) is 3.75. The van der Waals surface area contributed by atoms with Gasteiger partial charge in [0.05, 0.1) is 16.9 Å². The van der Waals surface area contributed by atoms with Crippen LogP contribution in [0, 0.1) is 6.92 Å². The van der Waals surface area contributed by atoms with E-state index in [1.807, 2.05) is 12.3 Å². The van der Waals surface area contributed by atoms with Crippen molar-refractivity contribution in [3.8, 4) is 0 Å². The van der Waals surface area contributed by atoms with Crippen molar-refractivity contribution in [3.63, 3.8) is 0 Å². The maximum Gasteiger partial charge on any atom is 0.249 e. The van der Waals surface area contributed by atoms with Crippen molar-refractivity contribution in [2.24, 2.45) is 0 Å². The first-order chi connectivity index (χ1) is 9.19. The average Bonchev–Trinajstić information content (AvgIpc) is 2.97. The molecule has 2 heterocycles. The van der Waals surface area contributed by atoms with Gasteiger partial charge in [-0.15, -0.1) is 11.3 Å². The van der Waals surface area contributed by atoms with Crippen molar-refractivity contribution >= 4 is 29.1 Å². The number of hydrogen-bond donors (Lipinski definition) is 1. The van der Waals surface area contributed by atoms with Crippen LogP contribution in [-0.4, -0.2) is 20.7 Å². The summed E-state index contributed by atoms with van der Waals surface area (Å²) in [4.78, 5) is 16.0. The lowest BCUT2D eigenvalue weighted by Gasteiger charge is -2.05. The van der Waals surface area contributed by atoms with Crippen LogP contribution in [0.25, 0.3) is 6.08 Å². The van der Waals surface area contributed by atoms with E-state index in [4.69, 9.17) is 0 Å². The number of carbonyl (C=O) groups excluding carboxylic acids is 1. The number of nitrogens with zero attached hydrogens (tertiary/aromatic N) is 3. The fourth-order valence-electron chi connectivity index (χ4n) is 1.61. The Kier molecular flexibility index (Phi) is 4.46. The molecule has 0 radical (unpaired) electrons. The van der Waals surface area contributed by atoms with E-state index < -0.39 is 0 Å². The second-order valence-electron chi connectivity index (χ2n) is 4.05. The monoisotopic (exact) mass is 276 g/mol. The van der Waals surface area contributed by atoms with Gasteiger partial charge >= 0.3 is 0 Å². The van der Waals surface area contributed by atoms with Gasteiger partial charge in [-0.05, 0) is 19.4 Å². The first kappa shape index (κ1) is 13.5. The molecule has 5 nitrogen and oxygen atoms in total. The van der Waals surface area contributed by atoms with Gasteiger partial charge in [-0.3, -0.25) is 4.79 Å². The van der Waals surface area contributed by atoms with Gasteiger partial charge in [0.15, 0.2) is 0 Å². The highest BCUT2D eigenvalue weighted by Gasteiger charge is 2.04. The molecule has 0 saturated heterocycles. The molecule has 0 fully saturated rings. The summed E-state index contributed by atoms with van der Waals surface area (Å²) in [6.45, 7) is 4.79. The van der Waals surface area contributed by atoms with E-state index in [2.05, 4.69) is 22.3 Å². The summed E-state index contributed by atoms with van der Waals surface area (Å²) in [5, 5.41) is 9.85. The Morgan fingerprint density at radius 2 is 2.42 bits per heavy atom. The number of anilines is 1. The summed E-state index contributed by atoms with van der Waals surface area (Å²) >= 11 is 1.56. The summed E-state index contributed by atoms with van der Waals surface area (Å²) in [7, 11) is 0. The largest absolute Gasteiger partial charge is 0.307 e. The molecule has 0 unspecified atom stereocenters. The highest BCUT2D eigenvalue weighted by molar-refractivity contribution is 7.09. The van der Waals surface area contributed by atoms with Gasteiger partial charge in [0.2, 0.25) is 5.91 Å². The molecule has 2 rings (SSSR count). The highest BCUT2D eigenvalue weighted by atomic mass is 32.1. The maximum absolute atomic E-state index is 11.8. The molecule has 0 aliphatic rings. The van der Waals surface area contributed by atoms with Gasteiger partial charge < -0.3 is 5.32 Å². The van der Waals surface area contributed by atoms with Gasteiger partial charge in [-0.2, -0.15) is 5.10 Å². The Bertz CT molecular complexity index is 585. The zero-order valence-corrected chi connectivity index (χ0v) is 11.8. The molecule has 0 saturated carbocycles. The normalized spacial score (nSPS) is 11.1. The van der Waals surface area contributed by atoms with E-state index in [9.17, 15) is 4.79 Å². The molecule has 6 heteroatoms. The molecular formula is C13H16N4OS. The van der Waals surface area contributed by atoms with Crippen LogP contribution in [0.5, 0.6) is 0 Å². The van der Waals surface area contributed by atoms with Crippen molar-refractivity contribution in [2.75, 3.05) is 5.32 Å². The highest BCUT2D eigenvalue weighted by Crippen LogP contribution is 2.10. The minimum Gasteiger partial charge on any atom is -0.307 e. The van der Waals surface area contributed by atoms with E-state index in [1.54, 1.807) is 34.4 Å². The van der Waals surface area contributed by atoms with Gasteiger partial charge in [0, 0.05) is 24.1 Å². The fourth-order valence-corrected chi connectivity index (χ4v) is 2.20. The van der Waals surface area contributed by atoms with Crippen LogP contribution in [0.4, 0.5) is 5.82 Å². The quantitative estimate of drug-likeness (QED) is 0.854. The summed E-state index contributed by atoms with van der Waals surface area (Å²) in [6.07, 6.45) is 5.84. The van der Waals surface area contributed by atoms with Crippen molar-refractivity contribution in [1.29, 1.82) is 0 Å². The van der Waals surface area contributed by atoms with Crippen LogP contribution in [0.2, 0.25) is 0 Å². The van der Waals surface area contributed by atoms with Crippen LogP contribution >= 0.6 is 11.3 Å². The molecule has 100 valence electrons. The molecule has 0 atom stereocenters. The predicted molar refractivity (Wildman–Crippen MR) is 77.0 cm³/mol. The van der Waals surface area contributed by atoms with Crippen molar-refractivity contribution in [1.82, 2.24) is 14.8 Å². The minimum absolute atomic E-state index is 0.177. The Balaban J connectivity index is 1.97. The van der Waals surface area contributed by atoms with E-state index in [1.165, 1.54) is 6.08 Å². The Morgan fingerprint density at radius 1 is 1.58 bits per heavy atom. The Labute approximate surface area is 116 Å². The third-order valence-electron chi connectivity index (χ3n) is 2.45. The van der Waals surface area contributed by atoms with Gasteiger partial charge in [-0.25, -0.2) is 9.67 Å². The molecule has 0 bridgehead atoms. The lowest BCUT2D eigenvalue weighted by Crippen LogP contribution is -2.13. The van der Waals surface area contributed by atoms with E-state index in [0.717, 1.165) is 23.7 Å². The lowest BCUT2D eigenvalue weighted by molar-refractivity contribution is -0.111. The van der Waals surface area contributed by atoms with Crippen LogP contribution in [-0.2, 0) is 11.3 Å². The smallest absolute Gasteiger partial charge is 0.249 e. The van der Waals surface area contributed by atoms with Crippen LogP contribution in [0.3, 0.4) is 0 Å². The topological polar surface area (TPSA) is 59.8 Å². The Morgan fingerprint density at radius 3 is 3.11 bits per heavy atom. The number of aryl methyl sites for hydroxylation is 2. The molecule has 0 aliphatic carbocycles. The van der Waals surface area contributed by atoms with Crippen molar-refractivity contribution in [3.05, 3.63) is 34.4 Å². The number of thiazole rings is 1. The lowest BCUT2D eigenvalue weighted by atomic mass is 10.4. The molecule has 0 spiro atoms. The molecule has 2 aromatic heterocycles. The predicted octanol–water partition coefficient (Wildman–Crippen LogP) is 2.71. The van der Waals surface area contributed by atoms with E-state index in [0.29, 0.717) is 5.82 Å². The number of carbonyl (C=O) groups is 1. The second kappa shape index (κ2) is 6.29. The van der Waals surface area contributed by atoms with Crippen molar-refractivity contribution < 1.29 is 4.79 Å². The molecule has 1 N–H and O–H groups in total. The number of aromatic nitrogens is 3. The summed E-state index contributed by atoms with van der Waals surface area (Å²) < 4.78 is 1.78. The Hall–Kier alpha value is -1.95. The molecule has 1 amide bonds. The second-order valence-corrected chi connectivity index (χ2v) is 5.12. The number of nitrogens with one attached hydrogen (secondary N) is 1. The van der Waals surface area contributed by atoms with Crippen LogP contribution in [0.15, 0.2) is 23.7 Å². The molecule has 0 aromatic carbocycles. The number of amides is 1. The SMILES string of the molecule is CCCn1nccc1NC(=O)C=Cc1csc(C)n1. The average molecular weight is 276 g/mol. The van der Waals surface area contributed by atoms with Gasteiger partial charge in [-0.1, -0.05) is 6.92 Å². The summed E-state index contributed by atoms with van der Waals surface area (Å²) in [5.41, 5.74) is 0.805. The first-order valence-electron chi connectivity index (χ1n) is 6.12.